The van der Waals surface area contributed by atoms with Crippen molar-refractivity contribution in [3.05, 3.63) is 63.9 Å². The molecule has 18 heavy (non-hydrogen) atoms. The zero-order valence-corrected chi connectivity index (χ0v) is 10.1. The minimum absolute atomic E-state index is 0.204. The van der Waals surface area contributed by atoms with Crippen molar-refractivity contribution in [1.29, 1.82) is 0 Å². The van der Waals surface area contributed by atoms with E-state index in [0.29, 0.717) is 4.77 Å². The van der Waals surface area contributed by atoms with Gasteiger partial charge in [-0.25, -0.2) is 0 Å². The highest BCUT2D eigenvalue weighted by molar-refractivity contribution is 7.71. The lowest BCUT2D eigenvalue weighted by molar-refractivity contribution is 0.941. The highest BCUT2D eigenvalue weighted by Crippen LogP contribution is 2.19. The Labute approximate surface area is 108 Å². The fourth-order valence-electron chi connectivity index (χ4n) is 1.89. The number of nitrogens with one attached hydrogen (secondary N) is 1. The number of fused-ring (bicyclic) bond motifs is 1. The highest BCUT2D eigenvalue weighted by atomic mass is 32.1. The number of hydrogen-bond donors (Lipinski definition) is 1. The van der Waals surface area contributed by atoms with Crippen LogP contribution in [0.5, 0.6) is 0 Å². The van der Waals surface area contributed by atoms with Crippen LogP contribution >= 0.6 is 12.2 Å². The molecule has 1 aromatic carbocycles. The molecule has 88 valence electrons. The summed E-state index contributed by atoms with van der Waals surface area (Å²) in [5.74, 6) is 0. The third-order valence-electron chi connectivity index (χ3n) is 2.69. The molecule has 0 aliphatic heterocycles. The molecule has 4 nitrogen and oxygen atoms in total. The summed E-state index contributed by atoms with van der Waals surface area (Å²) in [5, 5.41) is 1.03. The number of aromatic amines is 1. The van der Waals surface area contributed by atoms with Gasteiger partial charge >= 0.3 is 0 Å². The maximum atomic E-state index is 11.2. The maximum Gasteiger partial charge on any atom is 0.251 e. The van der Waals surface area contributed by atoms with Crippen LogP contribution in [0.4, 0.5) is 0 Å². The summed E-state index contributed by atoms with van der Waals surface area (Å²) in [7, 11) is 0. The molecule has 0 saturated heterocycles. The van der Waals surface area contributed by atoms with E-state index in [9.17, 15) is 4.79 Å². The van der Waals surface area contributed by atoms with Crippen LogP contribution in [0.25, 0.3) is 16.6 Å². The Morgan fingerprint density at radius 1 is 1.17 bits per heavy atom. The van der Waals surface area contributed by atoms with Crippen molar-refractivity contribution in [1.82, 2.24) is 14.5 Å². The first-order valence-electron chi connectivity index (χ1n) is 5.42. The van der Waals surface area contributed by atoms with Crippen LogP contribution < -0.4 is 5.56 Å². The van der Waals surface area contributed by atoms with Crippen molar-refractivity contribution in [2.75, 3.05) is 0 Å². The van der Waals surface area contributed by atoms with E-state index >= 15 is 0 Å². The molecule has 0 saturated carbocycles. The molecule has 0 atom stereocenters. The molecule has 3 aromatic rings. The second kappa shape index (κ2) is 4.19. The van der Waals surface area contributed by atoms with Crippen LogP contribution in [0, 0.1) is 4.77 Å². The predicted molar refractivity (Wildman–Crippen MR) is 72.5 cm³/mol. The van der Waals surface area contributed by atoms with Gasteiger partial charge in [0.25, 0.3) is 5.56 Å². The summed E-state index contributed by atoms with van der Waals surface area (Å²) in [6.45, 7) is 0. The molecule has 1 N–H and O–H groups in total. The molecule has 0 spiro atoms. The summed E-state index contributed by atoms with van der Waals surface area (Å²) >= 11 is 5.16. The SMILES string of the molecule is O=c1ccn(-c2cccc3cccnc23)c(=S)[nH]1. The number of hydrogen-bond acceptors (Lipinski definition) is 3. The Morgan fingerprint density at radius 3 is 2.83 bits per heavy atom. The van der Waals surface area contributed by atoms with E-state index in [1.807, 2.05) is 30.3 Å². The summed E-state index contributed by atoms with van der Waals surface area (Å²) < 4.78 is 2.10. The van der Waals surface area contributed by atoms with Crippen LogP contribution in [0.15, 0.2) is 53.6 Å². The molecular weight excluding hydrogens is 246 g/mol. The molecule has 0 unspecified atom stereocenters. The van der Waals surface area contributed by atoms with Crippen molar-refractivity contribution in [2.24, 2.45) is 0 Å². The largest absolute Gasteiger partial charge is 0.299 e. The van der Waals surface area contributed by atoms with Crippen LogP contribution in [0.3, 0.4) is 0 Å². The van der Waals surface area contributed by atoms with Gasteiger partial charge in [-0.15, -0.1) is 0 Å². The summed E-state index contributed by atoms with van der Waals surface area (Å²) in [6.07, 6.45) is 3.39. The minimum atomic E-state index is -0.204. The first kappa shape index (κ1) is 10.9. The van der Waals surface area contributed by atoms with Gasteiger partial charge in [-0.3, -0.25) is 19.3 Å². The lowest BCUT2D eigenvalue weighted by Gasteiger charge is -2.08. The van der Waals surface area contributed by atoms with E-state index in [2.05, 4.69) is 9.97 Å². The van der Waals surface area contributed by atoms with Gasteiger partial charge in [0.05, 0.1) is 11.2 Å². The second-order valence-electron chi connectivity index (χ2n) is 3.83. The average Bonchev–Trinajstić information content (AvgIpc) is 2.38. The zero-order valence-electron chi connectivity index (χ0n) is 9.33. The van der Waals surface area contributed by atoms with E-state index in [4.69, 9.17) is 12.2 Å². The Kier molecular flexibility index (Phi) is 2.53. The number of nitrogens with zero attached hydrogens (tertiary/aromatic N) is 2. The van der Waals surface area contributed by atoms with Crippen LogP contribution in [-0.2, 0) is 0 Å². The van der Waals surface area contributed by atoms with Gasteiger partial charge in [0.2, 0.25) is 0 Å². The molecule has 0 aliphatic rings. The molecule has 3 rings (SSSR count). The van der Waals surface area contributed by atoms with E-state index in [0.717, 1.165) is 16.6 Å². The fourth-order valence-corrected chi connectivity index (χ4v) is 2.15. The summed E-state index contributed by atoms with van der Waals surface area (Å²) in [4.78, 5) is 18.1. The molecule has 0 radical (unpaired) electrons. The molecule has 0 aliphatic carbocycles. The van der Waals surface area contributed by atoms with Gasteiger partial charge in [-0.1, -0.05) is 18.2 Å². The Morgan fingerprint density at radius 2 is 2.00 bits per heavy atom. The Balaban J connectivity index is 2.38. The smallest absolute Gasteiger partial charge is 0.251 e. The molecule has 0 fully saturated rings. The molecule has 0 bridgehead atoms. The van der Waals surface area contributed by atoms with E-state index in [1.54, 1.807) is 17.0 Å². The monoisotopic (exact) mass is 255 g/mol. The zero-order chi connectivity index (χ0) is 12.5. The molecule has 2 aromatic heterocycles. The normalized spacial score (nSPS) is 10.7. The standard InChI is InChI=1S/C13H9N3OS/c17-11-6-8-16(13(18)15-11)10-5-1-3-9-4-2-7-14-12(9)10/h1-8H,(H,15,17,18). The van der Waals surface area contributed by atoms with E-state index < -0.39 is 0 Å². The number of benzene rings is 1. The lowest BCUT2D eigenvalue weighted by atomic mass is 10.2. The quantitative estimate of drug-likeness (QED) is 0.679. The fraction of sp³-hybridized carbons (Fsp3) is 0. The van der Waals surface area contributed by atoms with Gasteiger partial charge in [-0.05, 0) is 24.4 Å². The minimum Gasteiger partial charge on any atom is -0.299 e. The number of para-hydroxylation sites is 1. The maximum absolute atomic E-state index is 11.2. The van der Waals surface area contributed by atoms with Crippen LogP contribution in [0.1, 0.15) is 0 Å². The molecule has 2 heterocycles. The third-order valence-corrected chi connectivity index (χ3v) is 2.99. The molecule has 5 heteroatoms. The highest BCUT2D eigenvalue weighted by Gasteiger charge is 2.04. The predicted octanol–water partition coefficient (Wildman–Crippen LogP) is 2.44. The van der Waals surface area contributed by atoms with Crippen molar-refractivity contribution in [3.8, 4) is 5.69 Å². The van der Waals surface area contributed by atoms with Gasteiger partial charge in [0.1, 0.15) is 0 Å². The van der Waals surface area contributed by atoms with Crippen LogP contribution in [-0.4, -0.2) is 14.5 Å². The van der Waals surface area contributed by atoms with Crippen molar-refractivity contribution >= 4 is 23.1 Å². The van der Waals surface area contributed by atoms with E-state index in [1.165, 1.54) is 6.07 Å². The number of H-pyrrole nitrogens is 1. The number of pyridine rings is 1. The van der Waals surface area contributed by atoms with Gasteiger partial charge < -0.3 is 0 Å². The number of aromatic nitrogens is 3. The summed E-state index contributed by atoms with van der Waals surface area (Å²) in [5.41, 5.74) is 1.50. The second-order valence-corrected chi connectivity index (χ2v) is 4.22. The van der Waals surface area contributed by atoms with Crippen molar-refractivity contribution in [2.45, 2.75) is 0 Å². The first-order valence-corrected chi connectivity index (χ1v) is 5.83. The van der Waals surface area contributed by atoms with Gasteiger partial charge in [0, 0.05) is 23.8 Å². The first-order chi connectivity index (χ1) is 8.75. The average molecular weight is 255 g/mol. The topological polar surface area (TPSA) is 50.7 Å². The van der Waals surface area contributed by atoms with Gasteiger partial charge in [-0.2, -0.15) is 0 Å². The van der Waals surface area contributed by atoms with Gasteiger partial charge in [0.15, 0.2) is 4.77 Å². The third kappa shape index (κ3) is 1.74. The van der Waals surface area contributed by atoms with Crippen molar-refractivity contribution in [3.63, 3.8) is 0 Å². The summed E-state index contributed by atoms with van der Waals surface area (Å²) in [6, 6.07) is 11.2. The molecule has 0 amide bonds. The number of rotatable bonds is 1. The Hall–Kier alpha value is -2.27. The van der Waals surface area contributed by atoms with Crippen molar-refractivity contribution < 1.29 is 0 Å². The molecular formula is C13H9N3OS. The van der Waals surface area contributed by atoms with Crippen LogP contribution in [0.2, 0.25) is 0 Å². The Bertz CT molecular complexity index is 830. The lowest BCUT2D eigenvalue weighted by Crippen LogP contribution is -2.10. The van der Waals surface area contributed by atoms with E-state index in [-0.39, 0.29) is 5.56 Å².